The normalized spacial score (nSPS) is 10.6. The maximum Gasteiger partial charge on any atom is 0.278 e. The Kier molecular flexibility index (Phi) is 4.85. The molecule has 1 amide bonds. The van der Waals surface area contributed by atoms with Gasteiger partial charge in [0.1, 0.15) is 5.75 Å². The van der Waals surface area contributed by atoms with Gasteiger partial charge in [-0.2, -0.15) is 0 Å². The molecule has 0 atom stereocenters. The minimum absolute atomic E-state index is 0.277. The molecule has 25 heavy (non-hydrogen) atoms. The number of hydrogen-bond donors (Lipinski definition) is 1. The fourth-order valence-electron chi connectivity index (χ4n) is 2.39. The van der Waals surface area contributed by atoms with E-state index in [2.05, 4.69) is 31.6 Å². The Morgan fingerprint density at radius 3 is 2.72 bits per heavy atom. The van der Waals surface area contributed by atoms with Crippen LogP contribution in [0.25, 0.3) is 5.69 Å². The van der Waals surface area contributed by atoms with Crippen molar-refractivity contribution in [2.45, 2.75) is 13.8 Å². The third-order valence-electron chi connectivity index (χ3n) is 3.84. The van der Waals surface area contributed by atoms with E-state index in [4.69, 9.17) is 4.74 Å². The number of amides is 1. The maximum absolute atomic E-state index is 12.5. The predicted molar refractivity (Wildman–Crippen MR) is 99.5 cm³/mol. The van der Waals surface area contributed by atoms with Gasteiger partial charge in [-0.3, -0.25) is 4.79 Å². The zero-order chi connectivity index (χ0) is 18.0. The molecular weight excluding hydrogens is 384 g/mol. The summed E-state index contributed by atoms with van der Waals surface area (Å²) in [5, 5.41) is 11.0. The largest absolute Gasteiger partial charge is 0.497 e. The topological polar surface area (TPSA) is 69.0 Å². The lowest BCUT2D eigenvalue weighted by molar-refractivity contribution is 0.102. The standard InChI is InChI=1S/C18H17BrN4O2/c1-11-7-8-13(9-16(11)19)20-18(24)17-12(2)23(22-21-17)14-5-4-6-15(10-14)25-3/h4-10H,1-3H3,(H,20,24). The zero-order valence-corrected chi connectivity index (χ0v) is 15.7. The molecule has 1 aromatic heterocycles. The Morgan fingerprint density at radius 1 is 1.20 bits per heavy atom. The molecule has 0 aliphatic carbocycles. The number of carbonyl (C=O) groups is 1. The molecule has 0 fully saturated rings. The van der Waals surface area contributed by atoms with Crippen molar-refractivity contribution in [3.63, 3.8) is 0 Å². The van der Waals surface area contributed by atoms with Crippen molar-refractivity contribution in [1.29, 1.82) is 0 Å². The van der Waals surface area contributed by atoms with Crippen molar-refractivity contribution < 1.29 is 9.53 Å². The number of anilines is 1. The molecule has 0 bridgehead atoms. The highest BCUT2D eigenvalue weighted by atomic mass is 79.9. The minimum atomic E-state index is -0.303. The van der Waals surface area contributed by atoms with Gasteiger partial charge in [-0.05, 0) is 43.7 Å². The van der Waals surface area contributed by atoms with Crippen molar-refractivity contribution in [3.05, 3.63) is 63.9 Å². The smallest absolute Gasteiger partial charge is 0.278 e. The second-order valence-corrected chi connectivity index (χ2v) is 6.41. The summed E-state index contributed by atoms with van der Waals surface area (Å²) >= 11 is 3.46. The quantitative estimate of drug-likeness (QED) is 0.720. The molecule has 6 nitrogen and oxygen atoms in total. The van der Waals surface area contributed by atoms with E-state index in [0.29, 0.717) is 17.1 Å². The van der Waals surface area contributed by atoms with Gasteiger partial charge >= 0.3 is 0 Å². The summed E-state index contributed by atoms with van der Waals surface area (Å²) < 4.78 is 7.77. The van der Waals surface area contributed by atoms with Gasteiger partial charge in [0.05, 0.1) is 18.5 Å². The van der Waals surface area contributed by atoms with Crippen molar-refractivity contribution in [3.8, 4) is 11.4 Å². The Morgan fingerprint density at radius 2 is 2.00 bits per heavy atom. The van der Waals surface area contributed by atoms with Crippen molar-refractivity contribution in [2.24, 2.45) is 0 Å². The second kappa shape index (κ2) is 7.06. The molecule has 3 aromatic rings. The van der Waals surface area contributed by atoms with E-state index in [-0.39, 0.29) is 11.6 Å². The first-order valence-electron chi connectivity index (χ1n) is 7.64. The average Bonchev–Trinajstić information content (AvgIpc) is 3.00. The molecule has 0 spiro atoms. The Labute approximate surface area is 153 Å². The molecule has 0 aliphatic heterocycles. The predicted octanol–water partition coefficient (Wildman–Crippen LogP) is 3.91. The highest BCUT2D eigenvalue weighted by Crippen LogP contribution is 2.22. The molecule has 0 saturated carbocycles. The third-order valence-corrected chi connectivity index (χ3v) is 4.69. The van der Waals surface area contributed by atoms with E-state index in [1.807, 2.05) is 49.4 Å². The highest BCUT2D eigenvalue weighted by molar-refractivity contribution is 9.10. The van der Waals surface area contributed by atoms with Crippen LogP contribution in [0.15, 0.2) is 46.9 Å². The SMILES string of the molecule is COc1cccc(-n2nnc(C(=O)Nc3ccc(C)c(Br)c3)c2C)c1. The van der Waals surface area contributed by atoms with E-state index in [1.165, 1.54) is 0 Å². The van der Waals surface area contributed by atoms with E-state index in [1.54, 1.807) is 18.7 Å². The fourth-order valence-corrected chi connectivity index (χ4v) is 2.77. The van der Waals surface area contributed by atoms with Crippen LogP contribution in [0.4, 0.5) is 5.69 Å². The van der Waals surface area contributed by atoms with E-state index >= 15 is 0 Å². The number of aryl methyl sites for hydroxylation is 1. The number of nitrogens with zero attached hydrogens (tertiary/aromatic N) is 3. The molecule has 0 radical (unpaired) electrons. The summed E-state index contributed by atoms with van der Waals surface area (Å²) in [5.74, 6) is 0.408. The lowest BCUT2D eigenvalue weighted by Gasteiger charge is -2.07. The van der Waals surface area contributed by atoms with Gasteiger partial charge in [0.2, 0.25) is 0 Å². The first kappa shape index (κ1) is 17.2. The number of nitrogens with one attached hydrogen (secondary N) is 1. The fraction of sp³-hybridized carbons (Fsp3) is 0.167. The summed E-state index contributed by atoms with van der Waals surface area (Å²) in [5.41, 5.74) is 3.49. The summed E-state index contributed by atoms with van der Waals surface area (Å²) in [6, 6.07) is 13.1. The summed E-state index contributed by atoms with van der Waals surface area (Å²) in [7, 11) is 1.60. The number of halogens is 1. The maximum atomic E-state index is 12.5. The molecule has 1 N–H and O–H groups in total. The van der Waals surface area contributed by atoms with Gasteiger partial charge in [-0.25, -0.2) is 4.68 Å². The summed E-state index contributed by atoms with van der Waals surface area (Å²) in [6.45, 7) is 3.79. The summed E-state index contributed by atoms with van der Waals surface area (Å²) in [4.78, 5) is 12.5. The van der Waals surface area contributed by atoms with Gasteiger partial charge < -0.3 is 10.1 Å². The number of carbonyl (C=O) groups excluding carboxylic acids is 1. The van der Waals surface area contributed by atoms with Crippen LogP contribution in [-0.4, -0.2) is 28.0 Å². The van der Waals surface area contributed by atoms with Gasteiger partial charge in [-0.1, -0.05) is 33.3 Å². The molecule has 0 unspecified atom stereocenters. The second-order valence-electron chi connectivity index (χ2n) is 5.55. The van der Waals surface area contributed by atoms with Crippen LogP contribution < -0.4 is 10.1 Å². The Balaban J connectivity index is 1.87. The van der Waals surface area contributed by atoms with Gasteiger partial charge in [0.15, 0.2) is 5.69 Å². The number of hydrogen-bond acceptors (Lipinski definition) is 4. The Hall–Kier alpha value is -2.67. The lowest BCUT2D eigenvalue weighted by Crippen LogP contribution is -2.14. The lowest BCUT2D eigenvalue weighted by atomic mass is 10.2. The first-order chi connectivity index (χ1) is 12.0. The highest BCUT2D eigenvalue weighted by Gasteiger charge is 2.18. The van der Waals surface area contributed by atoms with Crippen LogP contribution in [-0.2, 0) is 0 Å². The van der Waals surface area contributed by atoms with Crippen molar-refractivity contribution >= 4 is 27.5 Å². The molecular formula is C18H17BrN4O2. The Bertz CT molecular complexity index is 937. The van der Waals surface area contributed by atoms with Crippen LogP contribution in [0.5, 0.6) is 5.75 Å². The molecule has 0 aliphatic rings. The number of aromatic nitrogens is 3. The van der Waals surface area contributed by atoms with Gasteiger partial charge in [0.25, 0.3) is 5.91 Å². The number of benzene rings is 2. The van der Waals surface area contributed by atoms with E-state index in [0.717, 1.165) is 15.7 Å². The van der Waals surface area contributed by atoms with E-state index in [9.17, 15) is 4.79 Å². The molecule has 3 rings (SSSR count). The van der Waals surface area contributed by atoms with Crippen LogP contribution >= 0.6 is 15.9 Å². The number of methoxy groups -OCH3 is 1. The third kappa shape index (κ3) is 3.56. The van der Waals surface area contributed by atoms with Gasteiger partial charge in [-0.15, -0.1) is 5.10 Å². The van der Waals surface area contributed by atoms with Crippen LogP contribution in [0, 0.1) is 13.8 Å². The van der Waals surface area contributed by atoms with Crippen LogP contribution in [0.2, 0.25) is 0 Å². The molecule has 0 saturated heterocycles. The summed E-state index contributed by atoms with van der Waals surface area (Å²) in [6.07, 6.45) is 0. The zero-order valence-electron chi connectivity index (χ0n) is 14.1. The van der Waals surface area contributed by atoms with Crippen LogP contribution in [0.3, 0.4) is 0 Å². The monoisotopic (exact) mass is 400 g/mol. The molecule has 2 aromatic carbocycles. The number of ether oxygens (including phenoxy) is 1. The van der Waals surface area contributed by atoms with Crippen LogP contribution in [0.1, 0.15) is 21.7 Å². The van der Waals surface area contributed by atoms with Gasteiger partial charge in [0, 0.05) is 16.2 Å². The van der Waals surface area contributed by atoms with Crippen molar-refractivity contribution in [1.82, 2.24) is 15.0 Å². The van der Waals surface area contributed by atoms with Crippen molar-refractivity contribution in [2.75, 3.05) is 12.4 Å². The molecule has 1 heterocycles. The minimum Gasteiger partial charge on any atom is -0.497 e. The number of rotatable bonds is 4. The average molecular weight is 401 g/mol. The molecule has 128 valence electrons. The molecule has 7 heteroatoms. The first-order valence-corrected chi connectivity index (χ1v) is 8.43. The van der Waals surface area contributed by atoms with E-state index < -0.39 is 0 Å².